The molecular weight excluding hydrogens is 452 g/mol. The number of ether oxygens (including phenoxy) is 4. The van der Waals surface area contributed by atoms with E-state index in [1.165, 1.54) is 0 Å². The summed E-state index contributed by atoms with van der Waals surface area (Å²) < 4.78 is 25.7. The van der Waals surface area contributed by atoms with E-state index >= 15 is 0 Å². The fourth-order valence-corrected chi connectivity index (χ4v) is 4.48. The molecule has 6 nitrogen and oxygen atoms in total. The van der Waals surface area contributed by atoms with Crippen LogP contribution < -0.4 is 0 Å². The van der Waals surface area contributed by atoms with E-state index in [2.05, 4.69) is 46.6 Å². The highest BCUT2D eigenvalue weighted by Gasteiger charge is 2.47. The number of aromatic amines is 1. The molecule has 36 heavy (non-hydrogen) atoms. The largest absolute Gasteiger partial charge is 0.374 e. The molecule has 1 aliphatic rings. The molecule has 1 N–H and O–H groups in total. The van der Waals surface area contributed by atoms with Crippen LogP contribution >= 0.6 is 0 Å². The van der Waals surface area contributed by atoms with Gasteiger partial charge in [-0.2, -0.15) is 5.10 Å². The third kappa shape index (κ3) is 6.28. The van der Waals surface area contributed by atoms with Crippen LogP contribution in [0.1, 0.15) is 34.2 Å². The maximum atomic E-state index is 6.55. The molecule has 0 bridgehead atoms. The van der Waals surface area contributed by atoms with E-state index < -0.39 is 0 Å². The molecule has 1 aromatic heterocycles. The van der Waals surface area contributed by atoms with Crippen LogP contribution in [0.25, 0.3) is 0 Å². The van der Waals surface area contributed by atoms with E-state index in [4.69, 9.17) is 18.9 Å². The first-order chi connectivity index (χ1) is 17.8. The van der Waals surface area contributed by atoms with E-state index in [1.807, 2.05) is 67.6 Å². The van der Waals surface area contributed by atoms with Crippen LogP contribution in [0.3, 0.4) is 0 Å². The second kappa shape index (κ2) is 12.1. The zero-order valence-electron chi connectivity index (χ0n) is 20.5. The molecule has 1 saturated heterocycles. The minimum atomic E-state index is -0.346. The van der Waals surface area contributed by atoms with Gasteiger partial charge >= 0.3 is 0 Å². The number of H-pyrrole nitrogens is 1. The third-order valence-corrected chi connectivity index (χ3v) is 6.31. The molecule has 0 amide bonds. The van der Waals surface area contributed by atoms with E-state index in [9.17, 15) is 0 Å². The Morgan fingerprint density at radius 2 is 1.25 bits per heavy atom. The molecule has 3 aromatic carbocycles. The van der Waals surface area contributed by atoms with E-state index in [0.29, 0.717) is 26.4 Å². The molecule has 0 aliphatic carbocycles. The Bertz CT molecular complexity index is 1180. The van der Waals surface area contributed by atoms with Gasteiger partial charge in [0.1, 0.15) is 24.4 Å². The molecule has 5 rings (SSSR count). The van der Waals surface area contributed by atoms with Gasteiger partial charge in [0.15, 0.2) is 0 Å². The van der Waals surface area contributed by atoms with Gasteiger partial charge in [-0.1, -0.05) is 91.0 Å². The summed E-state index contributed by atoms with van der Waals surface area (Å²) in [6.45, 7) is 3.78. The lowest BCUT2D eigenvalue weighted by molar-refractivity contribution is -0.0898. The Balaban J connectivity index is 1.35. The van der Waals surface area contributed by atoms with Gasteiger partial charge in [-0.15, -0.1) is 0 Å². The van der Waals surface area contributed by atoms with E-state index in [0.717, 1.165) is 28.1 Å². The molecule has 0 unspecified atom stereocenters. The van der Waals surface area contributed by atoms with Crippen LogP contribution in [0.15, 0.2) is 97.1 Å². The molecular formula is C30H32N2O4. The summed E-state index contributed by atoms with van der Waals surface area (Å²) in [7, 11) is 0. The Hall–Kier alpha value is -3.29. The number of aryl methyl sites for hydroxylation is 1. The van der Waals surface area contributed by atoms with Gasteiger partial charge in [-0.3, -0.25) is 5.10 Å². The first-order valence-corrected chi connectivity index (χ1v) is 12.4. The summed E-state index contributed by atoms with van der Waals surface area (Å²) in [4.78, 5) is 0. The molecule has 1 fully saturated rings. The highest BCUT2D eigenvalue weighted by molar-refractivity contribution is 5.18. The zero-order valence-corrected chi connectivity index (χ0v) is 20.5. The van der Waals surface area contributed by atoms with Crippen molar-refractivity contribution in [2.75, 3.05) is 6.61 Å². The topological polar surface area (TPSA) is 65.6 Å². The molecule has 4 aromatic rings. The Kier molecular flexibility index (Phi) is 8.20. The van der Waals surface area contributed by atoms with Crippen LogP contribution in [0.5, 0.6) is 0 Å². The van der Waals surface area contributed by atoms with E-state index in [-0.39, 0.29) is 24.4 Å². The van der Waals surface area contributed by atoms with Gasteiger partial charge in [0.05, 0.1) is 37.8 Å². The Morgan fingerprint density at radius 3 is 1.78 bits per heavy atom. The standard InChI is InChI=1S/C30H32N2O4/c1-22-17-26(32-31-22)28-30(35-20-25-15-9-4-10-16-25)29(34-19-24-13-7-3-8-14-24)27(36-28)21-33-18-23-11-5-2-6-12-23/h2-17,27-30H,18-21H2,1H3,(H,31,32)/t27-,28+,29-,30+/m1/s1. The molecule has 2 heterocycles. The SMILES string of the molecule is Cc1cc([C@@H]2O[C@H](COCc3ccccc3)[C@@H](OCc3ccccc3)[C@H]2OCc2ccccc2)[nH]n1. The lowest BCUT2D eigenvalue weighted by Gasteiger charge is -2.25. The molecule has 0 saturated carbocycles. The molecule has 0 radical (unpaired) electrons. The third-order valence-electron chi connectivity index (χ3n) is 6.31. The summed E-state index contributed by atoms with van der Waals surface area (Å²) in [5, 5.41) is 7.45. The van der Waals surface area contributed by atoms with Crippen molar-refractivity contribution in [2.24, 2.45) is 0 Å². The average Bonchev–Trinajstić information content (AvgIpc) is 3.51. The Morgan fingerprint density at radius 1 is 0.722 bits per heavy atom. The number of rotatable bonds is 11. The van der Waals surface area contributed by atoms with Crippen molar-refractivity contribution >= 4 is 0 Å². The minimum Gasteiger partial charge on any atom is -0.374 e. The molecule has 1 aliphatic heterocycles. The Labute approximate surface area is 212 Å². The van der Waals surface area contributed by atoms with Crippen LogP contribution in [-0.4, -0.2) is 35.1 Å². The van der Waals surface area contributed by atoms with Crippen LogP contribution in [0, 0.1) is 6.92 Å². The van der Waals surface area contributed by atoms with Crippen LogP contribution in [-0.2, 0) is 38.8 Å². The van der Waals surface area contributed by atoms with Gasteiger partial charge in [0, 0.05) is 0 Å². The number of nitrogens with one attached hydrogen (secondary N) is 1. The van der Waals surface area contributed by atoms with Gasteiger partial charge in [0.25, 0.3) is 0 Å². The average molecular weight is 485 g/mol. The van der Waals surface area contributed by atoms with Gasteiger partial charge in [-0.05, 0) is 29.7 Å². The fraction of sp³-hybridized carbons (Fsp3) is 0.300. The molecule has 186 valence electrons. The van der Waals surface area contributed by atoms with Crippen LogP contribution in [0.2, 0.25) is 0 Å². The summed E-state index contributed by atoms with van der Waals surface area (Å²) >= 11 is 0. The number of hydrogen-bond acceptors (Lipinski definition) is 5. The monoisotopic (exact) mass is 484 g/mol. The minimum absolute atomic E-state index is 0.299. The number of hydrogen-bond donors (Lipinski definition) is 1. The van der Waals surface area contributed by atoms with Crippen molar-refractivity contribution in [2.45, 2.75) is 51.2 Å². The second-order valence-electron chi connectivity index (χ2n) is 9.08. The van der Waals surface area contributed by atoms with Crippen molar-refractivity contribution in [3.8, 4) is 0 Å². The summed E-state index contributed by atoms with van der Waals surface area (Å²) in [6.07, 6.45) is -1.30. The maximum Gasteiger partial charge on any atom is 0.128 e. The summed E-state index contributed by atoms with van der Waals surface area (Å²) in [5.74, 6) is 0. The molecule has 6 heteroatoms. The molecule has 0 spiro atoms. The highest BCUT2D eigenvalue weighted by Crippen LogP contribution is 2.38. The first kappa shape index (κ1) is 24.4. The van der Waals surface area contributed by atoms with Crippen molar-refractivity contribution in [3.63, 3.8) is 0 Å². The predicted octanol–water partition coefficient (Wildman–Crippen LogP) is 5.55. The van der Waals surface area contributed by atoms with Crippen molar-refractivity contribution in [3.05, 3.63) is 125 Å². The van der Waals surface area contributed by atoms with Crippen LogP contribution in [0.4, 0.5) is 0 Å². The molecule has 4 atom stereocenters. The summed E-state index contributed by atoms with van der Waals surface area (Å²) in [6, 6.07) is 32.5. The summed E-state index contributed by atoms with van der Waals surface area (Å²) in [5.41, 5.74) is 5.10. The number of aromatic nitrogens is 2. The quantitative estimate of drug-likeness (QED) is 0.303. The van der Waals surface area contributed by atoms with Crippen molar-refractivity contribution in [1.29, 1.82) is 0 Å². The predicted molar refractivity (Wildman–Crippen MR) is 137 cm³/mol. The fourth-order valence-electron chi connectivity index (χ4n) is 4.48. The van der Waals surface area contributed by atoms with Gasteiger partial charge in [-0.25, -0.2) is 0 Å². The van der Waals surface area contributed by atoms with Crippen molar-refractivity contribution < 1.29 is 18.9 Å². The second-order valence-corrected chi connectivity index (χ2v) is 9.08. The van der Waals surface area contributed by atoms with Gasteiger partial charge in [0.2, 0.25) is 0 Å². The lowest BCUT2D eigenvalue weighted by atomic mass is 10.0. The first-order valence-electron chi connectivity index (χ1n) is 12.4. The van der Waals surface area contributed by atoms with Crippen molar-refractivity contribution in [1.82, 2.24) is 10.2 Å². The maximum absolute atomic E-state index is 6.55. The normalized spacial score (nSPS) is 21.6. The van der Waals surface area contributed by atoms with E-state index in [1.54, 1.807) is 0 Å². The number of nitrogens with zero attached hydrogens (tertiary/aromatic N) is 1. The smallest absolute Gasteiger partial charge is 0.128 e. The number of benzene rings is 3. The van der Waals surface area contributed by atoms with Gasteiger partial charge < -0.3 is 18.9 Å². The highest BCUT2D eigenvalue weighted by atomic mass is 16.6. The lowest BCUT2D eigenvalue weighted by Crippen LogP contribution is -2.37. The zero-order chi connectivity index (χ0) is 24.6.